The van der Waals surface area contributed by atoms with Crippen molar-refractivity contribution in [3.8, 4) is 0 Å². The highest BCUT2D eigenvalue weighted by atomic mass is 19.1. The van der Waals surface area contributed by atoms with Gasteiger partial charge in [0, 0.05) is 11.6 Å². The van der Waals surface area contributed by atoms with E-state index in [-0.39, 0.29) is 0 Å². The molecule has 0 aliphatic rings. The van der Waals surface area contributed by atoms with Gasteiger partial charge < -0.3 is 0 Å². The van der Waals surface area contributed by atoms with Crippen molar-refractivity contribution >= 4 is 10.9 Å². The fourth-order valence-corrected chi connectivity index (χ4v) is 1.23. The Balaban J connectivity index is 0. The Kier molecular flexibility index (Phi) is 12.5. The molecule has 0 aliphatic heterocycles. The van der Waals surface area contributed by atoms with Gasteiger partial charge in [0.2, 0.25) is 0 Å². The third-order valence-electron chi connectivity index (χ3n) is 1.86. The number of nitrogens with zero attached hydrogens (tertiary/aromatic N) is 2. The van der Waals surface area contributed by atoms with Crippen molar-refractivity contribution < 1.29 is 4.39 Å². The first-order valence-electron chi connectivity index (χ1n) is 6.33. The normalized spacial score (nSPS) is 8.00. The van der Waals surface area contributed by atoms with E-state index in [1.807, 2.05) is 46.9 Å². The van der Waals surface area contributed by atoms with Crippen LogP contribution in [0.1, 0.15) is 39.1 Å². The smallest absolute Gasteiger partial charge is 0.125 e. The lowest BCUT2D eigenvalue weighted by Crippen LogP contribution is -1.87. The van der Waals surface area contributed by atoms with Crippen LogP contribution >= 0.6 is 0 Å². The summed E-state index contributed by atoms with van der Waals surface area (Å²) in [5, 5.41) is 1.10. The maximum Gasteiger partial charge on any atom is 0.125 e. The van der Waals surface area contributed by atoms with Gasteiger partial charge in [-0.05, 0) is 25.5 Å². The number of hydrogen-bond donors (Lipinski definition) is 0. The van der Waals surface area contributed by atoms with Crippen molar-refractivity contribution in [2.24, 2.45) is 0 Å². The molecule has 3 heteroatoms. The number of benzene rings is 1. The van der Waals surface area contributed by atoms with Crippen molar-refractivity contribution in [1.82, 2.24) is 9.97 Å². The van der Waals surface area contributed by atoms with Crippen LogP contribution in [0.3, 0.4) is 0 Å². The molecule has 0 amide bonds. The van der Waals surface area contributed by atoms with Crippen LogP contribution in [-0.4, -0.2) is 17.1 Å². The predicted molar refractivity (Wildman–Crippen MR) is 78.7 cm³/mol. The van der Waals surface area contributed by atoms with Crippen LogP contribution in [0.4, 0.5) is 4.39 Å². The SMILES string of the molecule is CC.CC.CF.Cc1ccc2cnc(C)nc2c1. The van der Waals surface area contributed by atoms with Gasteiger partial charge in [-0.2, -0.15) is 0 Å². The van der Waals surface area contributed by atoms with Crippen LogP contribution < -0.4 is 0 Å². The average Bonchev–Trinajstić information content (AvgIpc) is 2.45. The summed E-state index contributed by atoms with van der Waals surface area (Å²) in [5.41, 5.74) is 2.27. The molecule has 0 bridgehead atoms. The molecule has 18 heavy (non-hydrogen) atoms. The van der Waals surface area contributed by atoms with Crippen LogP contribution in [0, 0.1) is 13.8 Å². The van der Waals surface area contributed by atoms with E-state index in [0.717, 1.165) is 16.7 Å². The second kappa shape index (κ2) is 12.0. The third kappa shape index (κ3) is 6.28. The Bertz CT molecular complexity index is 391. The quantitative estimate of drug-likeness (QED) is 0.667. The highest BCUT2D eigenvalue weighted by Crippen LogP contribution is 2.11. The molecule has 2 rings (SSSR count). The van der Waals surface area contributed by atoms with Gasteiger partial charge in [0.25, 0.3) is 0 Å². The molecule has 1 aromatic heterocycles. The molecule has 102 valence electrons. The molecule has 0 fully saturated rings. The van der Waals surface area contributed by atoms with Gasteiger partial charge in [-0.25, -0.2) is 9.97 Å². The molecule has 0 aliphatic carbocycles. The highest BCUT2D eigenvalue weighted by Gasteiger charge is 1.95. The summed E-state index contributed by atoms with van der Waals surface area (Å²) in [6, 6.07) is 6.19. The Morgan fingerprint density at radius 3 is 2.06 bits per heavy atom. The average molecular weight is 252 g/mol. The third-order valence-corrected chi connectivity index (χ3v) is 1.86. The molecule has 0 saturated heterocycles. The van der Waals surface area contributed by atoms with E-state index >= 15 is 0 Å². The van der Waals surface area contributed by atoms with Crippen molar-refractivity contribution in [2.45, 2.75) is 41.5 Å². The van der Waals surface area contributed by atoms with Crippen LogP contribution in [0.2, 0.25) is 0 Å². The Hall–Kier alpha value is -1.51. The number of rotatable bonds is 0. The van der Waals surface area contributed by atoms with Gasteiger partial charge in [-0.15, -0.1) is 0 Å². The zero-order valence-corrected chi connectivity index (χ0v) is 12.6. The molecule has 0 N–H and O–H groups in total. The van der Waals surface area contributed by atoms with Gasteiger partial charge in [0.1, 0.15) is 5.82 Å². The van der Waals surface area contributed by atoms with E-state index < -0.39 is 0 Å². The molecule has 0 unspecified atom stereocenters. The van der Waals surface area contributed by atoms with Crippen LogP contribution in [0.5, 0.6) is 0 Å². The van der Waals surface area contributed by atoms with Crippen molar-refractivity contribution in [1.29, 1.82) is 0 Å². The lowest BCUT2D eigenvalue weighted by Gasteiger charge is -1.98. The van der Waals surface area contributed by atoms with Crippen molar-refractivity contribution in [3.63, 3.8) is 0 Å². The number of halogens is 1. The first-order chi connectivity index (χ1) is 8.75. The first kappa shape index (κ1) is 18.8. The van der Waals surface area contributed by atoms with Crippen LogP contribution in [0.25, 0.3) is 10.9 Å². The lowest BCUT2D eigenvalue weighted by molar-refractivity contribution is 0.636. The fourth-order valence-electron chi connectivity index (χ4n) is 1.23. The van der Waals surface area contributed by atoms with Crippen LogP contribution in [-0.2, 0) is 0 Å². The molecule has 0 atom stereocenters. The predicted octanol–water partition coefficient (Wildman–Crippen LogP) is 4.88. The van der Waals surface area contributed by atoms with Gasteiger partial charge in [0.15, 0.2) is 0 Å². The van der Waals surface area contributed by atoms with E-state index in [4.69, 9.17) is 0 Å². The van der Waals surface area contributed by atoms with Crippen LogP contribution in [0.15, 0.2) is 24.4 Å². The van der Waals surface area contributed by atoms with E-state index in [9.17, 15) is 4.39 Å². The summed E-state index contributed by atoms with van der Waals surface area (Å²) >= 11 is 0. The Labute approximate surface area is 110 Å². The molecule has 2 nitrogen and oxygen atoms in total. The second-order valence-electron chi connectivity index (χ2n) is 2.98. The summed E-state index contributed by atoms with van der Waals surface area (Å²) < 4.78 is 9.50. The molecule has 2 aromatic rings. The number of alkyl halides is 1. The van der Waals surface area contributed by atoms with E-state index in [0.29, 0.717) is 7.18 Å². The summed E-state index contributed by atoms with van der Waals surface area (Å²) in [4.78, 5) is 8.45. The van der Waals surface area contributed by atoms with Gasteiger partial charge in [-0.3, -0.25) is 4.39 Å². The molecule has 0 saturated carbocycles. The number of aryl methyl sites for hydroxylation is 2. The zero-order valence-electron chi connectivity index (χ0n) is 12.6. The highest BCUT2D eigenvalue weighted by molar-refractivity contribution is 5.78. The minimum atomic E-state index is 0.500. The fraction of sp³-hybridized carbons (Fsp3) is 0.467. The minimum Gasteiger partial charge on any atom is -0.255 e. The topological polar surface area (TPSA) is 25.8 Å². The molecule has 0 spiro atoms. The maximum absolute atomic E-state index is 9.50. The van der Waals surface area contributed by atoms with E-state index in [2.05, 4.69) is 29.0 Å². The van der Waals surface area contributed by atoms with E-state index in [1.165, 1.54) is 5.56 Å². The molecule has 1 aromatic carbocycles. The van der Waals surface area contributed by atoms with Crippen molar-refractivity contribution in [2.75, 3.05) is 7.18 Å². The standard InChI is InChI=1S/C10H10N2.2C2H6.CH3F/c1-7-3-4-9-6-11-8(2)12-10(9)5-7;3*1-2/h3-6H,1-2H3;2*1-2H3;1H3. The zero-order chi connectivity index (χ0) is 14.6. The summed E-state index contributed by atoms with van der Waals surface area (Å²) in [6.45, 7) is 12.0. The largest absolute Gasteiger partial charge is 0.255 e. The van der Waals surface area contributed by atoms with Crippen molar-refractivity contribution in [3.05, 3.63) is 35.8 Å². The molecular weight excluding hydrogens is 227 g/mol. The van der Waals surface area contributed by atoms with E-state index in [1.54, 1.807) is 0 Å². The Morgan fingerprint density at radius 1 is 0.944 bits per heavy atom. The number of fused-ring (bicyclic) bond motifs is 1. The van der Waals surface area contributed by atoms with Gasteiger partial charge >= 0.3 is 0 Å². The van der Waals surface area contributed by atoms with Gasteiger partial charge in [-0.1, -0.05) is 39.8 Å². The minimum absolute atomic E-state index is 0.500. The molecular formula is C15H25FN2. The monoisotopic (exact) mass is 252 g/mol. The molecule has 1 heterocycles. The summed E-state index contributed by atoms with van der Waals surface area (Å²) in [7, 11) is 0.500. The first-order valence-corrected chi connectivity index (χ1v) is 6.33. The second-order valence-corrected chi connectivity index (χ2v) is 2.98. The number of aromatic nitrogens is 2. The Morgan fingerprint density at radius 2 is 1.50 bits per heavy atom. The summed E-state index contributed by atoms with van der Waals surface area (Å²) in [6.07, 6.45) is 1.86. The maximum atomic E-state index is 9.50. The number of hydrogen-bond acceptors (Lipinski definition) is 2. The molecule has 0 radical (unpaired) electrons. The lowest BCUT2D eigenvalue weighted by atomic mass is 10.2. The summed E-state index contributed by atoms with van der Waals surface area (Å²) in [5.74, 6) is 0.827. The van der Waals surface area contributed by atoms with Gasteiger partial charge in [0.05, 0.1) is 12.7 Å².